The first-order valence-corrected chi connectivity index (χ1v) is 12.6. The Labute approximate surface area is 201 Å². The summed E-state index contributed by atoms with van der Waals surface area (Å²) >= 11 is 1.73. The number of ether oxygens (including phenoxy) is 2. The number of nitrogens with zero attached hydrogens (tertiary/aromatic N) is 2. The van der Waals surface area contributed by atoms with E-state index in [0.29, 0.717) is 32.2 Å². The average molecular weight is 473 g/mol. The summed E-state index contributed by atoms with van der Waals surface area (Å²) in [5, 5.41) is 2.08. The number of fused-ring (bicyclic) bond motifs is 1. The molecule has 1 atom stereocenters. The van der Waals surface area contributed by atoms with Crippen LogP contribution >= 0.6 is 11.3 Å². The van der Waals surface area contributed by atoms with Crippen molar-refractivity contribution in [2.45, 2.75) is 46.1 Å². The Morgan fingerprint density at radius 3 is 2.52 bits per heavy atom. The number of hydrogen-bond donors (Lipinski definition) is 0. The van der Waals surface area contributed by atoms with Crippen molar-refractivity contribution in [3.63, 3.8) is 0 Å². The molecule has 0 radical (unpaired) electrons. The fourth-order valence-electron chi connectivity index (χ4n) is 4.09. The van der Waals surface area contributed by atoms with Crippen LogP contribution in [0.4, 0.5) is 0 Å². The third-order valence-corrected chi connectivity index (χ3v) is 7.06. The maximum atomic E-state index is 13.4. The smallest absolute Gasteiger partial charge is 0.242 e. The summed E-state index contributed by atoms with van der Waals surface area (Å²) < 4.78 is 11.3. The molecule has 0 saturated heterocycles. The lowest BCUT2D eigenvalue weighted by molar-refractivity contribution is -0.144. The lowest BCUT2D eigenvalue weighted by atomic mass is 10.00. The molecule has 0 N–H and O–H groups in total. The number of thiophene rings is 1. The Bertz CT molecular complexity index is 923. The van der Waals surface area contributed by atoms with Gasteiger partial charge in [-0.05, 0) is 47.0 Å². The van der Waals surface area contributed by atoms with Crippen LogP contribution in [-0.2, 0) is 20.7 Å². The van der Waals surface area contributed by atoms with Gasteiger partial charge in [0.25, 0.3) is 0 Å². The van der Waals surface area contributed by atoms with Crippen LogP contribution in [0.5, 0.6) is 5.75 Å². The molecule has 1 aromatic carbocycles. The van der Waals surface area contributed by atoms with E-state index in [1.54, 1.807) is 23.3 Å². The van der Waals surface area contributed by atoms with Gasteiger partial charge in [0, 0.05) is 31.0 Å². The molecule has 2 aromatic rings. The van der Waals surface area contributed by atoms with E-state index < -0.39 is 0 Å². The molecular weight excluding hydrogens is 436 g/mol. The third kappa shape index (κ3) is 6.36. The second kappa shape index (κ2) is 11.7. The minimum Gasteiger partial charge on any atom is -0.491 e. The summed E-state index contributed by atoms with van der Waals surface area (Å²) in [4.78, 5) is 30.9. The summed E-state index contributed by atoms with van der Waals surface area (Å²) in [5.41, 5.74) is 2.42. The lowest BCUT2D eigenvalue weighted by Crippen LogP contribution is -2.49. The molecule has 0 bridgehead atoms. The van der Waals surface area contributed by atoms with Crippen molar-refractivity contribution >= 4 is 23.2 Å². The molecule has 180 valence electrons. The number of carbonyl (C=O) groups is 2. The highest BCUT2D eigenvalue weighted by molar-refractivity contribution is 7.10. The molecule has 2 heterocycles. The minimum atomic E-state index is -0.174. The molecule has 6 nitrogen and oxygen atoms in total. The van der Waals surface area contributed by atoms with Gasteiger partial charge in [-0.15, -0.1) is 11.3 Å². The van der Waals surface area contributed by atoms with Gasteiger partial charge in [-0.25, -0.2) is 0 Å². The standard InChI is InChI=1S/C26H36N2O4S/c1-18(2)20-6-8-21(9-7-20)32-17-23-22-11-15-33-24(22)10-12-28(23)25(29)16-27(13-14-31-5)26(30)19(3)4/h6-9,11,15,18-19,23H,10,12-14,16-17H2,1-5H3/t23-/m1/s1. The zero-order chi connectivity index (χ0) is 24.0. The number of methoxy groups -OCH3 is 1. The molecule has 0 saturated carbocycles. The lowest BCUT2D eigenvalue weighted by Gasteiger charge is -2.37. The molecule has 2 amide bonds. The van der Waals surface area contributed by atoms with E-state index in [9.17, 15) is 9.59 Å². The monoisotopic (exact) mass is 472 g/mol. The molecule has 7 heteroatoms. The Kier molecular flexibility index (Phi) is 8.92. The van der Waals surface area contributed by atoms with E-state index in [0.717, 1.165) is 17.7 Å². The van der Waals surface area contributed by atoms with Crippen molar-refractivity contribution < 1.29 is 19.1 Å². The summed E-state index contributed by atoms with van der Waals surface area (Å²) in [6.07, 6.45) is 0.828. The van der Waals surface area contributed by atoms with Gasteiger partial charge in [-0.3, -0.25) is 9.59 Å². The predicted molar refractivity (Wildman–Crippen MR) is 132 cm³/mol. The first-order valence-electron chi connectivity index (χ1n) is 11.7. The van der Waals surface area contributed by atoms with Crippen LogP contribution in [0.1, 0.15) is 55.7 Å². The molecule has 0 spiro atoms. The van der Waals surface area contributed by atoms with Gasteiger partial charge in [0.15, 0.2) is 0 Å². The van der Waals surface area contributed by atoms with E-state index in [1.807, 2.05) is 30.9 Å². The molecule has 0 unspecified atom stereocenters. The van der Waals surface area contributed by atoms with Crippen molar-refractivity contribution in [3.05, 3.63) is 51.7 Å². The van der Waals surface area contributed by atoms with Gasteiger partial charge >= 0.3 is 0 Å². The maximum absolute atomic E-state index is 13.4. The van der Waals surface area contributed by atoms with Crippen LogP contribution in [-0.4, -0.2) is 61.6 Å². The van der Waals surface area contributed by atoms with Crippen LogP contribution in [0.25, 0.3) is 0 Å². The number of carbonyl (C=O) groups excluding carboxylic acids is 2. The zero-order valence-corrected chi connectivity index (χ0v) is 21.2. The van der Waals surface area contributed by atoms with E-state index in [1.165, 1.54) is 10.4 Å². The van der Waals surface area contributed by atoms with Gasteiger partial charge in [-0.2, -0.15) is 0 Å². The van der Waals surface area contributed by atoms with Gasteiger partial charge in [0.05, 0.1) is 19.2 Å². The highest BCUT2D eigenvalue weighted by Gasteiger charge is 2.33. The highest BCUT2D eigenvalue weighted by Crippen LogP contribution is 2.34. The minimum absolute atomic E-state index is 0.0355. The first-order chi connectivity index (χ1) is 15.8. The van der Waals surface area contributed by atoms with E-state index in [2.05, 4.69) is 37.4 Å². The van der Waals surface area contributed by atoms with Gasteiger partial charge in [0.1, 0.15) is 12.4 Å². The van der Waals surface area contributed by atoms with Gasteiger partial charge < -0.3 is 19.3 Å². The molecule has 0 fully saturated rings. The number of amides is 2. The third-order valence-electron chi connectivity index (χ3n) is 6.07. The van der Waals surface area contributed by atoms with Crippen molar-refractivity contribution in [3.8, 4) is 5.75 Å². The fraction of sp³-hybridized carbons (Fsp3) is 0.538. The van der Waals surface area contributed by atoms with Crippen molar-refractivity contribution in [1.29, 1.82) is 0 Å². The van der Waals surface area contributed by atoms with Crippen molar-refractivity contribution in [2.75, 3.05) is 40.0 Å². The molecule has 3 rings (SSSR count). The Hall–Kier alpha value is -2.38. The van der Waals surface area contributed by atoms with Crippen LogP contribution in [0, 0.1) is 5.92 Å². The van der Waals surface area contributed by atoms with Crippen LogP contribution in [0.15, 0.2) is 35.7 Å². The largest absolute Gasteiger partial charge is 0.491 e. The first kappa shape index (κ1) is 25.2. The molecule has 33 heavy (non-hydrogen) atoms. The maximum Gasteiger partial charge on any atom is 0.242 e. The molecule has 1 aromatic heterocycles. The summed E-state index contributed by atoms with van der Waals surface area (Å²) in [6, 6.07) is 10.1. The topological polar surface area (TPSA) is 59.1 Å². The SMILES string of the molecule is COCCN(CC(=O)N1CCc2sccc2[C@H]1COc1ccc(C(C)C)cc1)C(=O)C(C)C. The average Bonchev–Trinajstić information content (AvgIpc) is 3.28. The van der Waals surface area contributed by atoms with E-state index >= 15 is 0 Å². The second-order valence-electron chi connectivity index (χ2n) is 9.09. The highest BCUT2D eigenvalue weighted by atomic mass is 32.1. The second-order valence-corrected chi connectivity index (χ2v) is 10.1. The molecule has 1 aliphatic rings. The number of benzene rings is 1. The molecule has 1 aliphatic heterocycles. The quantitative estimate of drug-likeness (QED) is 0.511. The van der Waals surface area contributed by atoms with Gasteiger partial charge in [0.2, 0.25) is 11.8 Å². The number of rotatable bonds is 10. The van der Waals surface area contributed by atoms with Crippen LogP contribution in [0.3, 0.4) is 0 Å². The molecule has 0 aliphatic carbocycles. The Balaban J connectivity index is 1.74. The van der Waals surface area contributed by atoms with E-state index in [-0.39, 0.29) is 30.3 Å². The van der Waals surface area contributed by atoms with Gasteiger partial charge in [-0.1, -0.05) is 39.8 Å². The summed E-state index contributed by atoms with van der Waals surface area (Å²) in [7, 11) is 1.60. The Morgan fingerprint density at radius 2 is 1.88 bits per heavy atom. The van der Waals surface area contributed by atoms with E-state index in [4.69, 9.17) is 9.47 Å². The molecular formula is C26H36N2O4S. The normalized spacial score (nSPS) is 15.6. The van der Waals surface area contributed by atoms with Crippen LogP contribution in [0.2, 0.25) is 0 Å². The fourth-order valence-corrected chi connectivity index (χ4v) is 5.01. The summed E-state index contributed by atoms with van der Waals surface area (Å²) in [5.74, 6) is 0.999. The van der Waals surface area contributed by atoms with Crippen molar-refractivity contribution in [2.24, 2.45) is 5.92 Å². The number of hydrogen-bond acceptors (Lipinski definition) is 5. The predicted octanol–water partition coefficient (Wildman–Crippen LogP) is 4.51. The van der Waals surface area contributed by atoms with Crippen LogP contribution < -0.4 is 4.74 Å². The Morgan fingerprint density at radius 1 is 1.15 bits per heavy atom. The zero-order valence-electron chi connectivity index (χ0n) is 20.4. The summed E-state index contributed by atoms with van der Waals surface area (Å²) in [6.45, 7) is 9.91. The van der Waals surface area contributed by atoms with Crippen molar-refractivity contribution in [1.82, 2.24) is 9.80 Å².